The van der Waals surface area contributed by atoms with E-state index in [-0.39, 0.29) is 6.54 Å². The summed E-state index contributed by atoms with van der Waals surface area (Å²) in [7, 11) is 2.68. The van der Waals surface area contributed by atoms with Crippen LogP contribution in [0.15, 0.2) is 12.1 Å². The summed E-state index contributed by atoms with van der Waals surface area (Å²) in [5, 5.41) is 12.7. The summed E-state index contributed by atoms with van der Waals surface area (Å²) in [5.41, 5.74) is -1.68. The van der Waals surface area contributed by atoms with Crippen molar-refractivity contribution in [3.63, 3.8) is 0 Å². The van der Waals surface area contributed by atoms with Crippen molar-refractivity contribution >= 4 is 11.6 Å². The number of hydrogen-bond acceptors (Lipinski definition) is 5. The van der Waals surface area contributed by atoms with Crippen LogP contribution in [0.2, 0.25) is 0 Å². The first-order valence-electron chi connectivity index (χ1n) is 5.38. The van der Waals surface area contributed by atoms with Gasteiger partial charge in [0.2, 0.25) is 5.82 Å². The number of nitro benzene ring substituents is 1. The van der Waals surface area contributed by atoms with Gasteiger partial charge in [0.05, 0.1) is 17.0 Å². The van der Waals surface area contributed by atoms with Crippen molar-refractivity contribution < 1.29 is 28.0 Å². The lowest BCUT2D eigenvalue weighted by Crippen LogP contribution is -2.34. The molecule has 9 heteroatoms. The monoisotopic (exact) mass is 290 g/mol. The van der Waals surface area contributed by atoms with Crippen LogP contribution in [-0.4, -0.2) is 37.9 Å². The number of ether oxygens (including phenoxy) is 2. The van der Waals surface area contributed by atoms with Gasteiger partial charge in [0, 0.05) is 20.3 Å². The van der Waals surface area contributed by atoms with E-state index < -0.39 is 40.0 Å². The molecule has 7 nitrogen and oxygen atoms in total. The highest BCUT2D eigenvalue weighted by molar-refractivity contribution is 5.94. The second-order valence-corrected chi connectivity index (χ2v) is 3.63. The van der Waals surface area contributed by atoms with Gasteiger partial charge in [0.1, 0.15) is 0 Å². The van der Waals surface area contributed by atoms with Crippen LogP contribution in [0.5, 0.6) is 0 Å². The van der Waals surface area contributed by atoms with Crippen molar-refractivity contribution in [3.05, 3.63) is 39.4 Å². The molecule has 0 unspecified atom stereocenters. The fourth-order valence-electron chi connectivity index (χ4n) is 1.39. The van der Waals surface area contributed by atoms with Gasteiger partial charge in [-0.2, -0.15) is 4.39 Å². The molecule has 0 atom stereocenters. The summed E-state index contributed by atoms with van der Waals surface area (Å²) in [6, 6.07) is 1.55. The molecular weight excluding hydrogens is 278 g/mol. The zero-order valence-corrected chi connectivity index (χ0v) is 10.7. The van der Waals surface area contributed by atoms with E-state index in [1.807, 2.05) is 0 Å². The summed E-state index contributed by atoms with van der Waals surface area (Å²) in [6.07, 6.45) is -0.745. The second-order valence-electron chi connectivity index (χ2n) is 3.63. The maximum atomic E-state index is 13.6. The van der Waals surface area contributed by atoms with E-state index in [0.717, 1.165) is 12.1 Å². The number of rotatable bonds is 6. The van der Waals surface area contributed by atoms with Gasteiger partial charge in [-0.15, -0.1) is 0 Å². The van der Waals surface area contributed by atoms with Crippen molar-refractivity contribution in [2.24, 2.45) is 0 Å². The molecule has 0 aliphatic heterocycles. The number of methoxy groups -OCH3 is 2. The summed E-state index contributed by atoms with van der Waals surface area (Å²) in [4.78, 5) is 21.0. The molecule has 110 valence electrons. The molecule has 0 aromatic heterocycles. The van der Waals surface area contributed by atoms with Gasteiger partial charge >= 0.3 is 5.69 Å². The van der Waals surface area contributed by atoms with Crippen LogP contribution >= 0.6 is 0 Å². The van der Waals surface area contributed by atoms with Crippen LogP contribution in [0.4, 0.5) is 14.5 Å². The van der Waals surface area contributed by atoms with Crippen LogP contribution in [0.25, 0.3) is 0 Å². The number of benzene rings is 1. The molecule has 0 aliphatic carbocycles. The average molecular weight is 290 g/mol. The van der Waals surface area contributed by atoms with E-state index in [0.29, 0.717) is 0 Å². The Hall–Kier alpha value is -2.13. The molecule has 0 fully saturated rings. The number of amides is 1. The lowest BCUT2D eigenvalue weighted by Gasteiger charge is -2.14. The van der Waals surface area contributed by atoms with Crippen LogP contribution in [0.3, 0.4) is 0 Å². The summed E-state index contributed by atoms with van der Waals surface area (Å²) in [5.74, 6) is -4.20. The zero-order chi connectivity index (χ0) is 15.3. The van der Waals surface area contributed by atoms with Crippen molar-refractivity contribution in [2.45, 2.75) is 6.29 Å². The molecule has 1 aromatic carbocycles. The van der Waals surface area contributed by atoms with Gasteiger partial charge in [-0.1, -0.05) is 0 Å². The Morgan fingerprint density at radius 2 is 1.95 bits per heavy atom. The second kappa shape index (κ2) is 6.87. The number of nitrogens with zero attached hydrogens (tertiary/aromatic N) is 1. The Morgan fingerprint density at radius 3 is 2.45 bits per heavy atom. The van der Waals surface area contributed by atoms with E-state index in [1.54, 1.807) is 0 Å². The van der Waals surface area contributed by atoms with E-state index in [4.69, 9.17) is 9.47 Å². The Morgan fingerprint density at radius 1 is 1.35 bits per heavy atom. The minimum absolute atomic E-state index is 0.0934. The first kappa shape index (κ1) is 15.9. The highest BCUT2D eigenvalue weighted by Crippen LogP contribution is 2.22. The predicted octanol–water partition coefficient (Wildman–Crippen LogP) is 1.22. The van der Waals surface area contributed by atoms with E-state index in [1.165, 1.54) is 14.2 Å². The van der Waals surface area contributed by atoms with Gasteiger partial charge in [0.15, 0.2) is 12.1 Å². The largest absolute Gasteiger partial charge is 0.354 e. The lowest BCUT2D eigenvalue weighted by atomic mass is 10.1. The lowest BCUT2D eigenvalue weighted by molar-refractivity contribution is -0.387. The smallest absolute Gasteiger partial charge is 0.307 e. The third kappa shape index (κ3) is 3.45. The van der Waals surface area contributed by atoms with Gasteiger partial charge in [-0.25, -0.2) is 4.39 Å². The number of carbonyl (C=O) groups is 1. The molecule has 20 heavy (non-hydrogen) atoms. The molecule has 1 N–H and O–H groups in total. The molecule has 0 spiro atoms. The summed E-state index contributed by atoms with van der Waals surface area (Å²) >= 11 is 0. The minimum atomic E-state index is -1.68. The van der Waals surface area contributed by atoms with Gasteiger partial charge in [-0.05, 0) is 6.07 Å². The number of hydrogen-bond donors (Lipinski definition) is 1. The standard InChI is InChI=1S/C11H12F2N2O5/c1-19-8(20-2)5-14-11(16)6-3-4-7(15(17)18)10(13)9(6)12/h3-4,8H,5H2,1-2H3,(H,14,16). The number of halogens is 2. The zero-order valence-electron chi connectivity index (χ0n) is 10.7. The number of nitrogens with one attached hydrogen (secondary N) is 1. The van der Waals surface area contributed by atoms with Gasteiger partial charge < -0.3 is 14.8 Å². The molecule has 1 amide bonds. The highest BCUT2D eigenvalue weighted by atomic mass is 19.2. The maximum Gasteiger partial charge on any atom is 0.307 e. The molecule has 0 saturated carbocycles. The molecular formula is C11H12F2N2O5. The van der Waals surface area contributed by atoms with Crippen LogP contribution in [0.1, 0.15) is 10.4 Å². The van der Waals surface area contributed by atoms with Crippen LogP contribution < -0.4 is 5.32 Å². The van der Waals surface area contributed by atoms with Crippen molar-refractivity contribution in [2.75, 3.05) is 20.8 Å². The first-order chi connectivity index (χ1) is 9.42. The summed E-state index contributed by atoms with van der Waals surface area (Å²) in [6.45, 7) is -0.0934. The molecule has 0 saturated heterocycles. The van der Waals surface area contributed by atoms with Crippen LogP contribution in [-0.2, 0) is 9.47 Å². The Bertz CT molecular complexity index is 520. The van der Waals surface area contributed by atoms with Gasteiger partial charge in [-0.3, -0.25) is 14.9 Å². The SMILES string of the molecule is COC(CNC(=O)c1ccc([N+](=O)[O-])c(F)c1F)OC. The number of carbonyl (C=O) groups excluding carboxylic acids is 1. The first-order valence-corrected chi connectivity index (χ1v) is 5.38. The molecule has 0 aliphatic rings. The van der Waals surface area contributed by atoms with E-state index in [9.17, 15) is 23.7 Å². The van der Waals surface area contributed by atoms with Crippen molar-refractivity contribution in [1.29, 1.82) is 0 Å². The Labute approximate surface area is 112 Å². The molecule has 1 rings (SSSR count). The van der Waals surface area contributed by atoms with Crippen molar-refractivity contribution in [1.82, 2.24) is 5.32 Å². The topological polar surface area (TPSA) is 90.7 Å². The van der Waals surface area contributed by atoms with E-state index in [2.05, 4.69) is 5.32 Å². The fraction of sp³-hybridized carbons (Fsp3) is 0.364. The predicted molar refractivity (Wildman–Crippen MR) is 63.2 cm³/mol. The maximum absolute atomic E-state index is 13.6. The Balaban J connectivity index is 2.89. The highest BCUT2D eigenvalue weighted by Gasteiger charge is 2.24. The third-order valence-corrected chi connectivity index (χ3v) is 2.46. The summed E-state index contributed by atoms with van der Waals surface area (Å²) < 4.78 is 36.5. The fourth-order valence-corrected chi connectivity index (χ4v) is 1.39. The van der Waals surface area contributed by atoms with Crippen LogP contribution in [0, 0.1) is 21.7 Å². The van der Waals surface area contributed by atoms with Gasteiger partial charge in [0.25, 0.3) is 5.91 Å². The molecule has 0 bridgehead atoms. The van der Waals surface area contributed by atoms with E-state index >= 15 is 0 Å². The Kier molecular flexibility index (Phi) is 5.47. The number of nitro groups is 1. The quantitative estimate of drug-likeness (QED) is 0.483. The third-order valence-electron chi connectivity index (χ3n) is 2.46. The molecule has 0 heterocycles. The normalized spacial score (nSPS) is 10.7. The molecule has 0 radical (unpaired) electrons. The van der Waals surface area contributed by atoms with Crippen molar-refractivity contribution in [3.8, 4) is 0 Å². The minimum Gasteiger partial charge on any atom is -0.354 e. The average Bonchev–Trinajstić information content (AvgIpc) is 2.42. The molecule has 1 aromatic rings.